The lowest BCUT2D eigenvalue weighted by molar-refractivity contribution is -0.138. The van der Waals surface area contributed by atoms with Gasteiger partial charge >= 0.3 is 5.97 Å². The molecule has 24 heavy (non-hydrogen) atoms. The molecule has 2 N–H and O–H groups in total. The van der Waals surface area contributed by atoms with Gasteiger partial charge in [-0.15, -0.1) is 5.10 Å². The molecular weight excluding hydrogens is 330 g/mol. The average molecular weight is 345 g/mol. The van der Waals surface area contributed by atoms with Crippen LogP contribution in [0.2, 0.25) is 0 Å². The normalized spacial score (nSPS) is 18.6. The second-order valence-corrected chi connectivity index (χ2v) is 6.32. The number of carboxylic acids is 1. The molecule has 1 atom stereocenters. The number of carbonyl (C=O) groups is 2. The molecule has 1 aromatic carbocycles. The summed E-state index contributed by atoms with van der Waals surface area (Å²) < 4.78 is 0. The monoisotopic (exact) mass is 345 g/mol. The Hall–Kier alpha value is -2.86. The van der Waals surface area contributed by atoms with Crippen molar-refractivity contribution in [2.75, 3.05) is 19.0 Å². The minimum Gasteiger partial charge on any atom is -0.481 e. The molecule has 1 amide bonds. The summed E-state index contributed by atoms with van der Waals surface area (Å²) in [5, 5.41) is 27.7. The molecule has 9 heteroatoms. The minimum atomic E-state index is -1.04. The second-order valence-electron chi connectivity index (χ2n) is 5.13. The Kier molecular flexibility index (Phi) is 5.55. The summed E-state index contributed by atoms with van der Waals surface area (Å²) in [5.74, 6) is -1.43. The van der Waals surface area contributed by atoms with Crippen LogP contribution < -0.4 is 10.2 Å². The molecule has 1 heterocycles. The molecule has 2 rings (SSSR count). The van der Waals surface area contributed by atoms with Gasteiger partial charge in [0.05, 0.1) is 23.9 Å². The van der Waals surface area contributed by atoms with Crippen LogP contribution in [0.1, 0.15) is 17.5 Å². The number of nitrogens with zero attached hydrogens (tertiary/aromatic N) is 4. The van der Waals surface area contributed by atoms with Gasteiger partial charge in [-0.3, -0.25) is 9.59 Å². The molecule has 1 fully saturated rings. The number of hydrogen-bond donors (Lipinski definition) is 2. The molecule has 1 aromatic rings. The van der Waals surface area contributed by atoms with E-state index < -0.39 is 17.1 Å². The van der Waals surface area contributed by atoms with E-state index in [1.807, 2.05) is 25.1 Å². The summed E-state index contributed by atoms with van der Waals surface area (Å²) in [6.45, 7) is 0. The maximum atomic E-state index is 11.6. The summed E-state index contributed by atoms with van der Waals surface area (Å²) in [4.78, 5) is 24.1. The van der Waals surface area contributed by atoms with Crippen molar-refractivity contribution in [3.8, 4) is 6.07 Å². The SMILES string of the molecule is CN(C)c1ccc(C=NN=C2NC(=O)C(CC(=O)O)S2)cc1C#N. The van der Waals surface area contributed by atoms with Crippen molar-refractivity contribution in [3.05, 3.63) is 29.3 Å². The molecule has 0 bridgehead atoms. The number of amidine groups is 1. The quantitative estimate of drug-likeness (QED) is 0.607. The van der Waals surface area contributed by atoms with Crippen LogP contribution in [-0.4, -0.2) is 47.7 Å². The highest BCUT2D eigenvalue weighted by molar-refractivity contribution is 8.15. The van der Waals surface area contributed by atoms with Gasteiger partial charge in [0.15, 0.2) is 5.17 Å². The first kappa shape index (κ1) is 17.5. The first-order valence-corrected chi connectivity index (χ1v) is 7.80. The fourth-order valence-electron chi connectivity index (χ4n) is 2.01. The zero-order valence-electron chi connectivity index (χ0n) is 13.1. The number of nitrogens with one attached hydrogen (secondary N) is 1. The summed E-state index contributed by atoms with van der Waals surface area (Å²) in [6, 6.07) is 7.42. The first-order chi connectivity index (χ1) is 11.4. The zero-order valence-corrected chi connectivity index (χ0v) is 13.9. The van der Waals surface area contributed by atoms with Crippen LogP contribution >= 0.6 is 11.8 Å². The summed E-state index contributed by atoms with van der Waals surface area (Å²) in [7, 11) is 3.70. The lowest BCUT2D eigenvalue weighted by Gasteiger charge is -2.14. The van der Waals surface area contributed by atoms with Crippen LogP contribution in [0.4, 0.5) is 5.69 Å². The topological polar surface area (TPSA) is 118 Å². The third-order valence-electron chi connectivity index (χ3n) is 3.11. The van der Waals surface area contributed by atoms with Crippen molar-refractivity contribution in [1.29, 1.82) is 5.26 Å². The maximum Gasteiger partial charge on any atom is 0.305 e. The number of rotatable bonds is 5. The number of benzene rings is 1. The Bertz CT molecular complexity index is 767. The maximum absolute atomic E-state index is 11.6. The molecule has 1 saturated heterocycles. The number of hydrogen-bond acceptors (Lipinski definition) is 7. The van der Waals surface area contributed by atoms with Gasteiger partial charge in [-0.05, 0) is 17.7 Å². The predicted molar refractivity (Wildman–Crippen MR) is 92.3 cm³/mol. The molecule has 1 aliphatic rings. The molecular formula is C15H15N5O3S. The second kappa shape index (κ2) is 7.61. The molecule has 1 unspecified atom stereocenters. The summed E-state index contributed by atoms with van der Waals surface area (Å²) in [6.07, 6.45) is 1.20. The number of carbonyl (C=O) groups excluding carboxylic acids is 1. The number of carboxylic acid groups (broad SMARTS) is 1. The number of aliphatic carboxylic acids is 1. The Morgan fingerprint density at radius 2 is 2.29 bits per heavy atom. The van der Waals surface area contributed by atoms with Gasteiger partial charge in [-0.2, -0.15) is 10.4 Å². The van der Waals surface area contributed by atoms with E-state index in [0.29, 0.717) is 11.1 Å². The highest BCUT2D eigenvalue weighted by atomic mass is 32.2. The van der Waals surface area contributed by atoms with Gasteiger partial charge in [0.1, 0.15) is 11.3 Å². The lowest BCUT2D eigenvalue weighted by Crippen LogP contribution is -2.26. The van der Waals surface area contributed by atoms with E-state index in [2.05, 4.69) is 21.6 Å². The van der Waals surface area contributed by atoms with Crippen LogP contribution in [0, 0.1) is 11.3 Å². The van der Waals surface area contributed by atoms with Crippen molar-refractivity contribution in [2.45, 2.75) is 11.7 Å². The smallest absolute Gasteiger partial charge is 0.305 e. The van der Waals surface area contributed by atoms with Crippen molar-refractivity contribution in [3.63, 3.8) is 0 Å². The molecule has 1 aliphatic heterocycles. The van der Waals surface area contributed by atoms with E-state index in [9.17, 15) is 14.9 Å². The van der Waals surface area contributed by atoms with E-state index >= 15 is 0 Å². The van der Waals surface area contributed by atoms with Gasteiger partial charge in [0, 0.05) is 14.1 Å². The van der Waals surface area contributed by atoms with E-state index in [1.165, 1.54) is 6.21 Å². The van der Waals surface area contributed by atoms with E-state index in [0.717, 1.165) is 17.4 Å². The molecule has 8 nitrogen and oxygen atoms in total. The van der Waals surface area contributed by atoms with Crippen LogP contribution in [0.25, 0.3) is 0 Å². The standard InChI is InChI=1S/C15H15N5O3S/c1-20(2)11-4-3-9(5-10(11)7-16)8-17-19-15-18-14(23)12(24-15)6-13(21)22/h3-5,8,12H,6H2,1-2H3,(H,21,22)(H,18,19,23). The van der Waals surface area contributed by atoms with E-state index in [-0.39, 0.29) is 11.6 Å². The number of amides is 1. The highest BCUT2D eigenvalue weighted by Crippen LogP contribution is 2.22. The Balaban J connectivity index is 2.08. The highest BCUT2D eigenvalue weighted by Gasteiger charge is 2.32. The molecule has 0 saturated carbocycles. The van der Waals surface area contributed by atoms with E-state index in [1.54, 1.807) is 12.1 Å². The minimum absolute atomic E-state index is 0.257. The number of anilines is 1. The average Bonchev–Trinajstić information content (AvgIpc) is 2.86. The molecule has 0 aromatic heterocycles. The lowest BCUT2D eigenvalue weighted by atomic mass is 10.1. The van der Waals surface area contributed by atoms with Gasteiger partial charge in [0.2, 0.25) is 5.91 Å². The third-order valence-corrected chi connectivity index (χ3v) is 4.19. The van der Waals surface area contributed by atoms with E-state index in [4.69, 9.17) is 5.11 Å². The van der Waals surface area contributed by atoms with Gasteiger partial charge in [-0.25, -0.2) is 0 Å². The van der Waals surface area contributed by atoms with Crippen LogP contribution in [0.15, 0.2) is 28.4 Å². The number of thioether (sulfide) groups is 1. The molecule has 0 radical (unpaired) electrons. The van der Waals surface area contributed by atoms with Crippen molar-refractivity contribution in [1.82, 2.24) is 5.32 Å². The summed E-state index contributed by atoms with van der Waals surface area (Å²) in [5.41, 5.74) is 2.01. The molecule has 124 valence electrons. The van der Waals surface area contributed by atoms with Crippen molar-refractivity contribution >= 4 is 40.7 Å². The van der Waals surface area contributed by atoms with Gasteiger partial charge < -0.3 is 15.3 Å². The van der Waals surface area contributed by atoms with Crippen LogP contribution in [-0.2, 0) is 9.59 Å². The largest absolute Gasteiger partial charge is 0.481 e. The fourth-order valence-corrected chi connectivity index (χ4v) is 2.92. The Labute approximate surface area is 142 Å². The van der Waals surface area contributed by atoms with Gasteiger partial charge in [-0.1, -0.05) is 17.8 Å². The fraction of sp³-hybridized carbons (Fsp3) is 0.267. The molecule has 0 spiro atoms. The molecule has 0 aliphatic carbocycles. The third kappa shape index (κ3) is 4.33. The zero-order chi connectivity index (χ0) is 17.7. The van der Waals surface area contributed by atoms with Crippen molar-refractivity contribution in [2.24, 2.45) is 10.2 Å². The van der Waals surface area contributed by atoms with Crippen LogP contribution in [0.5, 0.6) is 0 Å². The first-order valence-electron chi connectivity index (χ1n) is 6.92. The Morgan fingerprint density at radius 1 is 1.54 bits per heavy atom. The van der Waals surface area contributed by atoms with Gasteiger partial charge in [0.25, 0.3) is 0 Å². The van der Waals surface area contributed by atoms with Crippen LogP contribution in [0.3, 0.4) is 0 Å². The number of nitriles is 1. The van der Waals surface area contributed by atoms with Crippen molar-refractivity contribution < 1.29 is 14.7 Å². The Morgan fingerprint density at radius 3 is 2.92 bits per heavy atom. The predicted octanol–water partition coefficient (Wildman–Crippen LogP) is 1.02. The summed E-state index contributed by atoms with van der Waals surface area (Å²) >= 11 is 1.03.